The summed E-state index contributed by atoms with van der Waals surface area (Å²) in [6.07, 6.45) is 0. The average Bonchev–Trinajstić information content (AvgIpc) is 2.39. The van der Waals surface area contributed by atoms with E-state index in [2.05, 4.69) is 0 Å². The molecular weight excluding hydrogens is 231 g/mol. The van der Waals surface area contributed by atoms with Crippen molar-refractivity contribution in [3.8, 4) is 5.75 Å². The highest BCUT2D eigenvalue weighted by Gasteiger charge is 2.09. The molecule has 0 saturated carbocycles. The van der Waals surface area contributed by atoms with Crippen LogP contribution in [0.1, 0.15) is 16.7 Å². The molecule has 0 spiro atoms. The fourth-order valence-corrected chi connectivity index (χ4v) is 1.68. The van der Waals surface area contributed by atoms with Crippen LogP contribution in [0, 0.1) is 12.7 Å². The van der Waals surface area contributed by atoms with E-state index in [1.807, 2.05) is 31.2 Å². The van der Waals surface area contributed by atoms with Crippen molar-refractivity contribution in [2.75, 3.05) is 0 Å². The average molecular weight is 246 g/mol. The van der Waals surface area contributed by atoms with Crippen molar-refractivity contribution in [1.29, 1.82) is 0 Å². The summed E-state index contributed by atoms with van der Waals surface area (Å²) in [5, 5.41) is 9.13. The lowest BCUT2D eigenvalue weighted by atomic mass is 10.1. The lowest BCUT2D eigenvalue weighted by Crippen LogP contribution is -2.01. The number of para-hydroxylation sites is 1. The van der Waals surface area contributed by atoms with E-state index in [-0.39, 0.29) is 19.0 Å². The predicted octanol–water partition coefficient (Wildman–Crippen LogP) is 3.21. The van der Waals surface area contributed by atoms with Gasteiger partial charge in [-0.15, -0.1) is 0 Å². The molecule has 0 radical (unpaired) electrons. The van der Waals surface area contributed by atoms with Crippen LogP contribution in [-0.2, 0) is 13.2 Å². The highest BCUT2D eigenvalue weighted by Crippen LogP contribution is 2.23. The van der Waals surface area contributed by atoms with Crippen molar-refractivity contribution in [2.45, 2.75) is 20.1 Å². The molecule has 1 N–H and O–H groups in total. The van der Waals surface area contributed by atoms with Gasteiger partial charge < -0.3 is 9.84 Å². The van der Waals surface area contributed by atoms with Crippen molar-refractivity contribution in [1.82, 2.24) is 0 Å². The summed E-state index contributed by atoms with van der Waals surface area (Å²) in [6.45, 7) is 2.06. The molecule has 2 rings (SSSR count). The zero-order valence-corrected chi connectivity index (χ0v) is 10.2. The van der Waals surface area contributed by atoms with E-state index in [0.717, 1.165) is 5.56 Å². The second-order valence-corrected chi connectivity index (χ2v) is 4.16. The van der Waals surface area contributed by atoms with Crippen molar-refractivity contribution < 1.29 is 14.2 Å². The minimum Gasteiger partial charge on any atom is -0.485 e. The molecule has 2 nitrogen and oxygen atoms in total. The lowest BCUT2D eigenvalue weighted by Gasteiger charge is -2.11. The van der Waals surface area contributed by atoms with Crippen molar-refractivity contribution >= 4 is 0 Å². The minimum atomic E-state index is -0.450. The Morgan fingerprint density at radius 2 is 1.83 bits per heavy atom. The van der Waals surface area contributed by atoms with Crippen LogP contribution < -0.4 is 4.74 Å². The van der Waals surface area contributed by atoms with Crippen LogP contribution in [0.4, 0.5) is 4.39 Å². The van der Waals surface area contributed by atoms with Crippen molar-refractivity contribution in [2.24, 2.45) is 0 Å². The molecule has 0 atom stereocenters. The number of benzene rings is 2. The number of hydrogen-bond donors (Lipinski definition) is 1. The third-order valence-corrected chi connectivity index (χ3v) is 2.72. The van der Waals surface area contributed by atoms with Gasteiger partial charge in [0.2, 0.25) is 0 Å². The summed E-state index contributed by atoms with van der Waals surface area (Å²) in [5.41, 5.74) is 2.59. The number of rotatable bonds is 4. The fraction of sp³-hybridized carbons (Fsp3) is 0.200. The number of halogens is 1. The van der Waals surface area contributed by atoms with Gasteiger partial charge in [-0.2, -0.15) is 0 Å². The second kappa shape index (κ2) is 5.65. The molecule has 2 aromatic rings. The first-order valence-electron chi connectivity index (χ1n) is 5.77. The number of aliphatic hydroxyl groups is 1. The van der Waals surface area contributed by atoms with Crippen LogP contribution in [0.5, 0.6) is 5.75 Å². The second-order valence-electron chi connectivity index (χ2n) is 4.16. The zero-order valence-electron chi connectivity index (χ0n) is 10.2. The van der Waals surface area contributed by atoms with Gasteiger partial charge in [0, 0.05) is 5.56 Å². The van der Waals surface area contributed by atoms with Gasteiger partial charge in [0.05, 0.1) is 6.61 Å². The van der Waals surface area contributed by atoms with Gasteiger partial charge >= 0.3 is 0 Å². The van der Waals surface area contributed by atoms with Gasteiger partial charge in [0.25, 0.3) is 0 Å². The first-order valence-corrected chi connectivity index (χ1v) is 5.77. The van der Waals surface area contributed by atoms with Crippen LogP contribution in [0.3, 0.4) is 0 Å². The fourth-order valence-electron chi connectivity index (χ4n) is 1.68. The van der Waals surface area contributed by atoms with E-state index in [4.69, 9.17) is 9.84 Å². The standard InChI is InChI=1S/C15H15FO2/c1-11-5-7-12(8-6-11)10-18-15-13(9-17)3-2-4-14(15)16/h2-8,17H,9-10H2,1H3. The van der Waals surface area contributed by atoms with Gasteiger partial charge in [-0.05, 0) is 18.6 Å². The van der Waals surface area contributed by atoms with E-state index in [0.29, 0.717) is 5.56 Å². The largest absolute Gasteiger partial charge is 0.485 e. The Hall–Kier alpha value is -1.87. The van der Waals surface area contributed by atoms with Gasteiger partial charge in [0.1, 0.15) is 6.61 Å². The van der Waals surface area contributed by atoms with Gasteiger partial charge in [0.15, 0.2) is 11.6 Å². The lowest BCUT2D eigenvalue weighted by molar-refractivity contribution is 0.251. The normalized spacial score (nSPS) is 10.4. The topological polar surface area (TPSA) is 29.5 Å². The number of hydrogen-bond acceptors (Lipinski definition) is 2. The Morgan fingerprint density at radius 1 is 1.11 bits per heavy atom. The summed E-state index contributed by atoms with van der Waals surface area (Å²) in [6, 6.07) is 12.4. The molecule has 0 aliphatic carbocycles. The van der Waals surface area contributed by atoms with Crippen LogP contribution in [0.15, 0.2) is 42.5 Å². The van der Waals surface area contributed by atoms with Gasteiger partial charge in [-0.3, -0.25) is 0 Å². The van der Waals surface area contributed by atoms with Crippen molar-refractivity contribution in [3.05, 3.63) is 65.0 Å². The Balaban J connectivity index is 2.12. The number of ether oxygens (including phenoxy) is 1. The molecule has 0 fully saturated rings. The Bertz CT molecular complexity index is 521. The summed E-state index contributed by atoms with van der Waals surface area (Å²) < 4.78 is 19.0. The van der Waals surface area contributed by atoms with E-state index in [1.165, 1.54) is 11.6 Å². The third kappa shape index (κ3) is 2.87. The minimum absolute atomic E-state index is 0.126. The SMILES string of the molecule is Cc1ccc(COc2c(F)cccc2CO)cc1. The summed E-state index contributed by atoms with van der Waals surface area (Å²) in [5.74, 6) is -0.325. The van der Waals surface area contributed by atoms with Crippen LogP contribution in [-0.4, -0.2) is 5.11 Å². The maximum atomic E-state index is 13.6. The Labute approximate surface area is 106 Å². The highest BCUT2D eigenvalue weighted by atomic mass is 19.1. The smallest absolute Gasteiger partial charge is 0.165 e. The van der Waals surface area contributed by atoms with Crippen LogP contribution in [0.25, 0.3) is 0 Å². The first kappa shape index (κ1) is 12.6. The highest BCUT2D eigenvalue weighted by molar-refractivity contribution is 5.34. The molecule has 0 heterocycles. The molecule has 3 heteroatoms. The molecule has 18 heavy (non-hydrogen) atoms. The molecule has 94 valence electrons. The first-order chi connectivity index (χ1) is 8.70. The molecule has 0 bridgehead atoms. The number of aliphatic hydroxyl groups excluding tert-OH is 1. The Morgan fingerprint density at radius 3 is 2.50 bits per heavy atom. The van der Waals surface area contributed by atoms with Crippen molar-refractivity contribution in [3.63, 3.8) is 0 Å². The van der Waals surface area contributed by atoms with Crippen LogP contribution in [0.2, 0.25) is 0 Å². The van der Waals surface area contributed by atoms with Gasteiger partial charge in [-0.1, -0.05) is 42.0 Å². The number of aryl methyl sites for hydroxylation is 1. The zero-order chi connectivity index (χ0) is 13.0. The molecule has 0 aromatic heterocycles. The Kier molecular flexibility index (Phi) is 3.95. The quantitative estimate of drug-likeness (QED) is 0.897. The molecule has 0 aliphatic heterocycles. The third-order valence-electron chi connectivity index (χ3n) is 2.72. The maximum absolute atomic E-state index is 13.6. The van der Waals surface area contributed by atoms with E-state index in [9.17, 15) is 4.39 Å². The molecule has 0 unspecified atom stereocenters. The van der Waals surface area contributed by atoms with Gasteiger partial charge in [-0.25, -0.2) is 4.39 Å². The summed E-state index contributed by atoms with van der Waals surface area (Å²) >= 11 is 0. The van der Waals surface area contributed by atoms with Crippen LogP contribution >= 0.6 is 0 Å². The summed E-state index contributed by atoms with van der Waals surface area (Å²) in [4.78, 5) is 0. The monoisotopic (exact) mass is 246 g/mol. The van der Waals surface area contributed by atoms with E-state index >= 15 is 0 Å². The maximum Gasteiger partial charge on any atom is 0.165 e. The molecule has 2 aromatic carbocycles. The molecule has 0 saturated heterocycles. The summed E-state index contributed by atoms with van der Waals surface area (Å²) in [7, 11) is 0. The molecule has 0 amide bonds. The molecule has 0 aliphatic rings. The van der Waals surface area contributed by atoms with E-state index < -0.39 is 5.82 Å². The predicted molar refractivity (Wildman–Crippen MR) is 67.8 cm³/mol. The van der Waals surface area contributed by atoms with E-state index in [1.54, 1.807) is 12.1 Å². The molecular formula is C15H15FO2.